The minimum absolute atomic E-state index is 0.113. The van der Waals surface area contributed by atoms with Gasteiger partial charge in [-0.2, -0.15) is 13.2 Å². The van der Waals surface area contributed by atoms with Gasteiger partial charge in [-0.3, -0.25) is 0 Å². The van der Waals surface area contributed by atoms with E-state index in [2.05, 4.69) is 15.0 Å². The van der Waals surface area contributed by atoms with Crippen LogP contribution >= 0.6 is 0 Å². The van der Waals surface area contributed by atoms with E-state index in [-0.39, 0.29) is 25.5 Å². The van der Waals surface area contributed by atoms with Gasteiger partial charge in [0.05, 0.1) is 32.1 Å². The molecule has 0 spiro atoms. The molecule has 1 aromatic rings. The monoisotopic (exact) mass is 322 g/mol. The summed E-state index contributed by atoms with van der Waals surface area (Å²) < 4.78 is 52.9. The third-order valence-corrected chi connectivity index (χ3v) is 3.21. The number of carbonyl (C=O) groups is 1. The van der Waals surface area contributed by atoms with Crippen molar-refractivity contribution in [2.24, 2.45) is 0 Å². The van der Waals surface area contributed by atoms with Gasteiger partial charge in [-0.25, -0.2) is 4.79 Å². The first-order valence-electron chi connectivity index (χ1n) is 6.76. The SMILES string of the molecule is CCOC(=O)c1[nH]ccc1NCCOC1(C(F)(F)F)COC1. The zero-order valence-electron chi connectivity index (χ0n) is 12.0. The minimum atomic E-state index is -4.46. The number of ether oxygens (including phenoxy) is 3. The summed E-state index contributed by atoms with van der Waals surface area (Å²) in [5.74, 6) is -0.532. The molecule has 9 heteroatoms. The maximum absolute atomic E-state index is 12.8. The summed E-state index contributed by atoms with van der Waals surface area (Å²) in [6, 6.07) is 1.60. The Hall–Kier alpha value is -1.74. The van der Waals surface area contributed by atoms with Gasteiger partial charge in [-0.1, -0.05) is 0 Å². The van der Waals surface area contributed by atoms with E-state index < -0.39 is 31.0 Å². The lowest BCUT2D eigenvalue weighted by Crippen LogP contribution is -2.62. The Kier molecular flexibility index (Phi) is 4.97. The van der Waals surface area contributed by atoms with E-state index in [9.17, 15) is 18.0 Å². The molecule has 2 N–H and O–H groups in total. The molecular weight excluding hydrogens is 305 g/mol. The van der Waals surface area contributed by atoms with Crippen LogP contribution in [0, 0.1) is 0 Å². The first kappa shape index (κ1) is 16.6. The number of anilines is 1. The van der Waals surface area contributed by atoms with Crippen molar-refractivity contribution in [3.8, 4) is 0 Å². The summed E-state index contributed by atoms with van der Waals surface area (Å²) in [4.78, 5) is 14.3. The van der Waals surface area contributed by atoms with Crippen molar-refractivity contribution in [2.45, 2.75) is 18.7 Å². The quantitative estimate of drug-likeness (QED) is 0.593. The Labute approximate surface area is 124 Å². The lowest BCUT2D eigenvalue weighted by atomic mass is 10.0. The molecule has 0 amide bonds. The molecule has 2 rings (SSSR count). The molecule has 0 radical (unpaired) electrons. The summed E-state index contributed by atoms with van der Waals surface area (Å²) in [6.07, 6.45) is -2.93. The molecule has 6 nitrogen and oxygen atoms in total. The molecule has 1 saturated heterocycles. The van der Waals surface area contributed by atoms with Crippen LogP contribution in [0.2, 0.25) is 0 Å². The third-order valence-electron chi connectivity index (χ3n) is 3.21. The molecular formula is C13H17F3N2O4. The van der Waals surface area contributed by atoms with Gasteiger partial charge in [0.25, 0.3) is 0 Å². The van der Waals surface area contributed by atoms with Crippen LogP contribution < -0.4 is 5.32 Å². The summed E-state index contributed by atoms with van der Waals surface area (Å²) in [7, 11) is 0. The van der Waals surface area contributed by atoms with Gasteiger partial charge in [-0.15, -0.1) is 0 Å². The Balaban J connectivity index is 1.82. The van der Waals surface area contributed by atoms with Crippen LogP contribution in [0.5, 0.6) is 0 Å². The average Bonchev–Trinajstić information content (AvgIpc) is 2.83. The van der Waals surface area contributed by atoms with Crippen molar-refractivity contribution in [2.75, 3.05) is 38.3 Å². The molecule has 0 atom stereocenters. The molecule has 124 valence electrons. The molecule has 0 unspecified atom stereocenters. The molecule has 2 heterocycles. The normalized spacial score (nSPS) is 16.9. The highest BCUT2D eigenvalue weighted by Crippen LogP contribution is 2.39. The van der Waals surface area contributed by atoms with E-state index >= 15 is 0 Å². The highest BCUT2D eigenvalue weighted by atomic mass is 19.4. The Bertz CT molecular complexity index is 512. The topological polar surface area (TPSA) is 72.6 Å². The van der Waals surface area contributed by atoms with Crippen LogP contribution in [0.15, 0.2) is 12.3 Å². The van der Waals surface area contributed by atoms with Crippen LogP contribution in [0.25, 0.3) is 0 Å². The second-order valence-electron chi connectivity index (χ2n) is 4.75. The van der Waals surface area contributed by atoms with Crippen molar-refractivity contribution in [3.63, 3.8) is 0 Å². The van der Waals surface area contributed by atoms with E-state index in [4.69, 9.17) is 9.47 Å². The molecule has 0 saturated carbocycles. The fraction of sp³-hybridized carbons (Fsp3) is 0.615. The van der Waals surface area contributed by atoms with Crippen molar-refractivity contribution >= 4 is 11.7 Å². The summed E-state index contributed by atoms with van der Waals surface area (Å²) in [6.45, 7) is 0.870. The number of halogens is 3. The highest BCUT2D eigenvalue weighted by molar-refractivity contribution is 5.93. The summed E-state index contributed by atoms with van der Waals surface area (Å²) in [5, 5.41) is 2.84. The molecule has 0 bridgehead atoms. The molecule has 1 fully saturated rings. The first-order valence-corrected chi connectivity index (χ1v) is 6.76. The van der Waals surface area contributed by atoms with Crippen molar-refractivity contribution in [3.05, 3.63) is 18.0 Å². The smallest absolute Gasteiger partial charge is 0.422 e. The fourth-order valence-corrected chi connectivity index (χ4v) is 1.94. The van der Waals surface area contributed by atoms with Crippen LogP contribution in [0.4, 0.5) is 18.9 Å². The molecule has 0 aromatic carbocycles. The van der Waals surface area contributed by atoms with Gasteiger partial charge in [0, 0.05) is 12.7 Å². The molecule has 1 aliphatic rings. The summed E-state index contributed by atoms with van der Waals surface area (Å²) in [5.41, 5.74) is -1.54. The number of hydrogen-bond acceptors (Lipinski definition) is 5. The largest absolute Gasteiger partial charge is 0.461 e. The number of aromatic amines is 1. The van der Waals surface area contributed by atoms with Gasteiger partial charge in [0.15, 0.2) is 0 Å². The van der Waals surface area contributed by atoms with Gasteiger partial charge >= 0.3 is 12.1 Å². The predicted octanol–water partition coefficient (Wildman–Crippen LogP) is 1.95. The molecule has 0 aliphatic carbocycles. The van der Waals surface area contributed by atoms with Crippen molar-refractivity contribution in [1.82, 2.24) is 4.98 Å². The van der Waals surface area contributed by atoms with Crippen molar-refractivity contribution in [1.29, 1.82) is 0 Å². The molecule has 1 aromatic heterocycles. The average molecular weight is 322 g/mol. The second kappa shape index (κ2) is 6.57. The number of hydrogen-bond donors (Lipinski definition) is 2. The number of carbonyl (C=O) groups excluding carboxylic acids is 1. The van der Waals surface area contributed by atoms with E-state index in [1.165, 1.54) is 6.20 Å². The number of H-pyrrole nitrogens is 1. The number of nitrogens with one attached hydrogen (secondary N) is 2. The van der Waals surface area contributed by atoms with E-state index in [1.807, 2.05) is 0 Å². The van der Waals surface area contributed by atoms with Gasteiger partial charge in [0.1, 0.15) is 5.69 Å². The first-order chi connectivity index (χ1) is 10.4. The fourth-order valence-electron chi connectivity index (χ4n) is 1.94. The van der Waals surface area contributed by atoms with Crippen LogP contribution in [0.1, 0.15) is 17.4 Å². The van der Waals surface area contributed by atoms with Gasteiger partial charge in [0.2, 0.25) is 5.60 Å². The second-order valence-corrected chi connectivity index (χ2v) is 4.75. The van der Waals surface area contributed by atoms with Gasteiger partial charge in [-0.05, 0) is 13.0 Å². The Morgan fingerprint density at radius 1 is 1.50 bits per heavy atom. The lowest BCUT2D eigenvalue weighted by molar-refractivity contribution is -0.349. The van der Waals surface area contributed by atoms with Crippen LogP contribution in [0.3, 0.4) is 0 Å². The van der Waals surface area contributed by atoms with Crippen LogP contribution in [-0.2, 0) is 14.2 Å². The third kappa shape index (κ3) is 3.36. The van der Waals surface area contributed by atoms with E-state index in [0.717, 1.165) is 0 Å². The number of rotatable bonds is 7. The van der Waals surface area contributed by atoms with Gasteiger partial charge < -0.3 is 24.5 Å². The van der Waals surface area contributed by atoms with E-state index in [0.29, 0.717) is 5.69 Å². The number of alkyl halides is 3. The summed E-state index contributed by atoms with van der Waals surface area (Å²) >= 11 is 0. The number of esters is 1. The van der Waals surface area contributed by atoms with Crippen LogP contribution in [-0.4, -0.2) is 55.7 Å². The maximum Gasteiger partial charge on any atom is 0.422 e. The Morgan fingerprint density at radius 3 is 2.77 bits per heavy atom. The molecule has 1 aliphatic heterocycles. The maximum atomic E-state index is 12.8. The zero-order valence-corrected chi connectivity index (χ0v) is 12.0. The minimum Gasteiger partial charge on any atom is -0.461 e. The Morgan fingerprint density at radius 2 is 2.23 bits per heavy atom. The predicted molar refractivity (Wildman–Crippen MR) is 70.8 cm³/mol. The van der Waals surface area contributed by atoms with E-state index in [1.54, 1.807) is 13.0 Å². The number of aromatic nitrogens is 1. The highest BCUT2D eigenvalue weighted by Gasteiger charge is 2.61. The standard InChI is InChI=1S/C13H17F3N2O4/c1-2-21-11(19)10-9(3-4-18-10)17-5-6-22-12(7-20-8-12)13(14,15)16/h3-4,17-18H,2,5-8H2,1H3. The zero-order chi connectivity index (χ0) is 16.2. The lowest BCUT2D eigenvalue weighted by Gasteiger charge is -2.42. The molecule has 22 heavy (non-hydrogen) atoms. The van der Waals surface area contributed by atoms with Crippen molar-refractivity contribution < 1.29 is 32.2 Å².